The molecule has 0 spiro atoms. The van der Waals surface area contributed by atoms with Crippen LogP contribution < -0.4 is 5.32 Å². The summed E-state index contributed by atoms with van der Waals surface area (Å²) < 4.78 is 11.2. The second kappa shape index (κ2) is 55.5. The Hall–Kier alpha value is -1.85. The van der Waals surface area contributed by atoms with Crippen molar-refractivity contribution in [1.29, 1.82) is 0 Å². The van der Waals surface area contributed by atoms with E-state index < -0.39 is 49.5 Å². The maximum absolute atomic E-state index is 13.0. The number of hydrogen-bond donors (Lipinski definition) is 6. The van der Waals surface area contributed by atoms with E-state index in [0.29, 0.717) is 6.42 Å². The van der Waals surface area contributed by atoms with Gasteiger partial charge in [0.25, 0.3) is 0 Å². The first-order chi connectivity index (χ1) is 36.8. The highest BCUT2D eigenvalue weighted by Gasteiger charge is 2.44. The number of aliphatic hydroxyl groups excluding tert-OH is 5. The Morgan fingerprint density at radius 2 is 0.760 bits per heavy atom. The monoisotopic (exact) mass is 1060 g/mol. The van der Waals surface area contributed by atoms with E-state index in [1.165, 1.54) is 238 Å². The molecule has 9 heteroatoms. The molecule has 1 aliphatic rings. The molecular weight excluding hydrogens is 935 g/mol. The van der Waals surface area contributed by atoms with E-state index in [4.69, 9.17) is 9.47 Å². The highest BCUT2D eigenvalue weighted by molar-refractivity contribution is 5.76. The fraction of sp³-hybridized carbons (Fsp3) is 0.864. The first-order valence-electron chi connectivity index (χ1n) is 32.4. The largest absolute Gasteiger partial charge is 0.394 e. The van der Waals surface area contributed by atoms with Crippen molar-refractivity contribution in [2.75, 3.05) is 13.2 Å². The van der Waals surface area contributed by atoms with Gasteiger partial charge >= 0.3 is 0 Å². The third-order valence-electron chi connectivity index (χ3n) is 15.4. The number of carbonyl (C=O) groups is 1. The molecular formula is C66H123NO8. The summed E-state index contributed by atoms with van der Waals surface area (Å²) in [6.45, 7) is 3.74. The lowest BCUT2D eigenvalue weighted by Crippen LogP contribution is -2.60. The van der Waals surface area contributed by atoms with Crippen LogP contribution in [0.4, 0.5) is 0 Å². The molecule has 7 unspecified atom stereocenters. The summed E-state index contributed by atoms with van der Waals surface area (Å²) in [5.41, 5.74) is 0. The van der Waals surface area contributed by atoms with Gasteiger partial charge in [-0.3, -0.25) is 4.79 Å². The second-order valence-corrected chi connectivity index (χ2v) is 22.5. The number of aliphatic hydroxyl groups is 5. The van der Waals surface area contributed by atoms with Crippen LogP contribution >= 0.6 is 0 Å². The molecule has 0 aromatic heterocycles. The number of nitrogens with one attached hydrogen (secondary N) is 1. The Balaban J connectivity index is 2.03. The highest BCUT2D eigenvalue weighted by Crippen LogP contribution is 2.23. The van der Waals surface area contributed by atoms with Gasteiger partial charge in [0.1, 0.15) is 24.4 Å². The molecule has 0 saturated carbocycles. The average molecular weight is 1060 g/mol. The van der Waals surface area contributed by atoms with Gasteiger partial charge in [0.05, 0.1) is 25.4 Å². The zero-order valence-electron chi connectivity index (χ0n) is 49.1. The minimum atomic E-state index is -1.57. The molecule has 1 heterocycles. The van der Waals surface area contributed by atoms with E-state index >= 15 is 0 Å². The smallest absolute Gasteiger partial charge is 0.220 e. The maximum atomic E-state index is 13.0. The molecule has 1 rings (SSSR count). The van der Waals surface area contributed by atoms with Crippen molar-refractivity contribution in [2.24, 2.45) is 0 Å². The van der Waals surface area contributed by atoms with Crippen LogP contribution in [0.3, 0.4) is 0 Å². The summed E-state index contributed by atoms with van der Waals surface area (Å²) >= 11 is 0. The molecule has 0 bridgehead atoms. The third-order valence-corrected chi connectivity index (χ3v) is 15.4. The van der Waals surface area contributed by atoms with Crippen LogP contribution in [-0.2, 0) is 14.3 Å². The zero-order valence-corrected chi connectivity index (χ0v) is 49.1. The minimum absolute atomic E-state index is 0.187. The normalized spacial score (nSPS) is 19.2. The van der Waals surface area contributed by atoms with Crippen molar-refractivity contribution in [1.82, 2.24) is 5.32 Å². The van der Waals surface area contributed by atoms with Crippen LogP contribution in [-0.4, -0.2) is 87.5 Å². The fourth-order valence-corrected chi connectivity index (χ4v) is 10.2. The second-order valence-electron chi connectivity index (χ2n) is 22.5. The van der Waals surface area contributed by atoms with Crippen LogP contribution in [0.2, 0.25) is 0 Å². The first-order valence-corrected chi connectivity index (χ1v) is 32.4. The number of carbonyl (C=O) groups excluding carboxylic acids is 1. The van der Waals surface area contributed by atoms with Crippen molar-refractivity contribution < 1.29 is 39.8 Å². The van der Waals surface area contributed by atoms with Gasteiger partial charge in [0, 0.05) is 6.42 Å². The van der Waals surface area contributed by atoms with Gasteiger partial charge in [-0.05, 0) is 70.6 Å². The van der Waals surface area contributed by atoms with Crippen LogP contribution in [0.25, 0.3) is 0 Å². The van der Waals surface area contributed by atoms with Crippen molar-refractivity contribution in [3.05, 3.63) is 48.6 Å². The number of allylic oxidation sites excluding steroid dienone is 7. The molecule has 9 nitrogen and oxygen atoms in total. The van der Waals surface area contributed by atoms with Gasteiger partial charge in [-0.2, -0.15) is 0 Å². The molecule has 0 aliphatic carbocycles. The maximum Gasteiger partial charge on any atom is 0.220 e. The molecule has 440 valence electrons. The quantitative estimate of drug-likeness (QED) is 0.0261. The average Bonchev–Trinajstić information content (AvgIpc) is 3.41. The topological polar surface area (TPSA) is 149 Å². The zero-order chi connectivity index (χ0) is 54.3. The predicted molar refractivity (Wildman–Crippen MR) is 318 cm³/mol. The Bertz CT molecular complexity index is 1320. The predicted octanol–water partition coefficient (Wildman–Crippen LogP) is 16.9. The van der Waals surface area contributed by atoms with Crippen molar-refractivity contribution >= 4 is 5.91 Å². The third kappa shape index (κ3) is 44.7. The summed E-state index contributed by atoms with van der Waals surface area (Å²) in [5.74, 6) is -0.187. The summed E-state index contributed by atoms with van der Waals surface area (Å²) in [6.07, 6.45) is 68.1. The van der Waals surface area contributed by atoms with E-state index in [9.17, 15) is 30.3 Å². The van der Waals surface area contributed by atoms with Gasteiger partial charge in [0.15, 0.2) is 6.29 Å². The van der Waals surface area contributed by atoms with E-state index in [1.54, 1.807) is 6.08 Å². The molecule has 1 amide bonds. The lowest BCUT2D eigenvalue weighted by Gasteiger charge is -2.40. The van der Waals surface area contributed by atoms with Crippen molar-refractivity contribution in [3.63, 3.8) is 0 Å². The number of ether oxygens (including phenoxy) is 2. The molecule has 1 saturated heterocycles. The molecule has 0 radical (unpaired) electrons. The van der Waals surface area contributed by atoms with Gasteiger partial charge in [0.2, 0.25) is 5.91 Å². The fourth-order valence-electron chi connectivity index (χ4n) is 10.2. The van der Waals surface area contributed by atoms with E-state index in [0.717, 1.165) is 51.4 Å². The molecule has 1 aliphatic heterocycles. The van der Waals surface area contributed by atoms with E-state index in [-0.39, 0.29) is 12.5 Å². The van der Waals surface area contributed by atoms with Gasteiger partial charge < -0.3 is 40.3 Å². The Kier molecular flexibility index (Phi) is 52.6. The lowest BCUT2D eigenvalue weighted by atomic mass is 9.99. The van der Waals surface area contributed by atoms with Crippen molar-refractivity contribution in [3.8, 4) is 0 Å². The SMILES string of the molecule is CCCCC/C=C/CC/C=C/CC/C=C/C(O)C(COC1OC(CO)C(O)C(O)C1O)NC(=O)CCCCCCCCCCCCCCCCCCCCCCCCCCCCC/C=C\CCCCCCCCCC. The van der Waals surface area contributed by atoms with Crippen LogP contribution in [0.1, 0.15) is 309 Å². The number of unbranched alkanes of at least 4 members (excludes halogenated alkanes) is 40. The lowest BCUT2D eigenvalue weighted by molar-refractivity contribution is -0.302. The summed E-state index contributed by atoms with van der Waals surface area (Å²) in [5, 5.41) is 54.4. The molecule has 7 atom stereocenters. The number of hydrogen-bond acceptors (Lipinski definition) is 8. The standard InChI is InChI=1S/C66H123NO8/c1-3-5-7-9-11-13-15-17-18-19-20-21-22-23-24-25-26-27-28-29-30-31-32-33-34-35-36-37-38-39-40-41-42-44-46-48-50-52-54-56-62(70)67-59(58-74-66-65(73)64(72)63(71)61(57-68)75-66)60(69)55-53-51-49-47-45-43-16-14-12-10-8-6-4-2/h12,14,19-20,45,47,53,55,59-61,63-66,68-69,71-73H,3-11,13,15-18,21-44,46,48-52,54,56-58H2,1-2H3,(H,67,70)/b14-12+,20-19-,47-45+,55-53+. The minimum Gasteiger partial charge on any atom is -0.394 e. The van der Waals surface area contributed by atoms with E-state index in [1.807, 2.05) is 6.08 Å². The van der Waals surface area contributed by atoms with Gasteiger partial charge in [-0.15, -0.1) is 0 Å². The van der Waals surface area contributed by atoms with Crippen LogP contribution in [0.5, 0.6) is 0 Å². The summed E-state index contributed by atoms with van der Waals surface area (Å²) in [7, 11) is 0. The number of rotatable bonds is 56. The van der Waals surface area contributed by atoms with Gasteiger partial charge in [-0.25, -0.2) is 0 Å². The van der Waals surface area contributed by atoms with Crippen LogP contribution in [0.15, 0.2) is 48.6 Å². The molecule has 0 aromatic carbocycles. The van der Waals surface area contributed by atoms with Crippen LogP contribution in [0, 0.1) is 0 Å². The molecule has 75 heavy (non-hydrogen) atoms. The molecule has 0 aromatic rings. The van der Waals surface area contributed by atoms with Crippen molar-refractivity contribution in [2.45, 2.75) is 352 Å². The Morgan fingerprint density at radius 1 is 0.440 bits per heavy atom. The Morgan fingerprint density at radius 3 is 1.15 bits per heavy atom. The molecule has 1 fully saturated rings. The summed E-state index contributed by atoms with van der Waals surface area (Å²) in [6, 6.07) is -0.826. The summed E-state index contributed by atoms with van der Waals surface area (Å²) in [4.78, 5) is 13.0. The Labute approximate surface area is 463 Å². The number of amides is 1. The molecule has 6 N–H and O–H groups in total. The van der Waals surface area contributed by atoms with E-state index in [2.05, 4.69) is 55.6 Å². The van der Waals surface area contributed by atoms with Gasteiger partial charge in [-0.1, -0.05) is 281 Å². The highest BCUT2D eigenvalue weighted by atomic mass is 16.7. The first kappa shape index (κ1) is 71.2.